The molecule has 0 bridgehead atoms. The van der Waals surface area contributed by atoms with Crippen molar-refractivity contribution in [1.29, 1.82) is 0 Å². The minimum absolute atomic E-state index is 0.256. The number of carbonyl (C=O) groups is 1. The SMILES string of the molecule is COc1cccc(C2CC(NCC(C)(C)C(N)=O)C2)c1. The summed E-state index contributed by atoms with van der Waals surface area (Å²) in [6, 6.07) is 8.73. The fraction of sp³-hybridized carbons (Fsp3) is 0.562. The maximum Gasteiger partial charge on any atom is 0.224 e. The van der Waals surface area contributed by atoms with E-state index >= 15 is 0 Å². The third kappa shape index (κ3) is 3.31. The van der Waals surface area contributed by atoms with E-state index in [1.807, 2.05) is 26.0 Å². The monoisotopic (exact) mass is 276 g/mol. The zero-order valence-corrected chi connectivity index (χ0v) is 12.5. The number of ether oxygens (including phenoxy) is 1. The van der Waals surface area contributed by atoms with Crippen molar-refractivity contribution in [3.05, 3.63) is 29.8 Å². The van der Waals surface area contributed by atoms with Crippen molar-refractivity contribution in [2.75, 3.05) is 13.7 Å². The summed E-state index contributed by atoms with van der Waals surface area (Å²) < 4.78 is 5.25. The molecule has 1 aliphatic carbocycles. The first-order valence-corrected chi connectivity index (χ1v) is 7.09. The second-order valence-corrected chi connectivity index (χ2v) is 6.27. The predicted octanol–water partition coefficient (Wildman–Crippen LogP) is 2.04. The van der Waals surface area contributed by atoms with Gasteiger partial charge >= 0.3 is 0 Å². The molecule has 3 N–H and O–H groups in total. The second-order valence-electron chi connectivity index (χ2n) is 6.27. The molecule has 0 unspecified atom stereocenters. The van der Waals surface area contributed by atoms with Gasteiger partial charge in [0.25, 0.3) is 0 Å². The van der Waals surface area contributed by atoms with Crippen molar-refractivity contribution in [2.45, 2.75) is 38.6 Å². The van der Waals surface area contributed by atoms with Crippen molar-refractivity contribution in [3.63, 3.8) is 0 Å². The standard InChI is InChI=1S/C16H24N2O2/c1-16(2,15(17)19)10-18-13-7-12(8-13)11-5-4-6-14(9-11)20-3/h4-6,9,12-13,18H,7-8,10H2,1-3H3,(H2,17,19). The van der Waals surface area contributed by atoms with E-state index in [0.29, 0.717) is 18.5 Å². The highest BCUT2D eigenvalue weighted by molar-refractivity contribution is 5.80. The number of nitrogens with two attached hydrogens (primary N) is 1. The molecule has 1 fully saturated rings. The zero-order valence-electron chi connectivity index (χ0n) is 12.5. The van der Waals surface area contributed by atoms with E-state index in [2.05, 4.69) is 17.4 Å². The largest absolute Gasteiger partial charge is 0.497 e. The molecular formula is C16H24N2O2. The Labute approximate surface area is 120 Å². The van der Waals surface area contributed by atoms with E-state index < -0.39 is 5.41 Å². The highest BCUT2D eigenvalue weighted by atomic mass is 16.5. The summed E-state index contributed by atoms with van der Waals surface area (Å²) in [5, 5.41) is 3.44. The van der Waals surface area contributed by atoms with E-state index in [-0.39, 0.29) is 5.91 Å². The molecule has 1 aliphatic rings. The highest BCUT2D eigenvalue weighted by Gasteiger charge is 2.33. The molecule has 0 atom stereocenters. The van der Waals surface area contributed by atoms with Crippen molar-refractivity contribution >= 4 is 5.91 Å². The molecule has 0 aliphatic heterocycles. The highest BCUT2D eigenvalue weighted by Crippen LogP contribution is 2.38. The first-order valence-electron chi connectivity index (χ1n) is 7.09. The first-order chi connectivity index (χ1) is 9.42. The van der Waals surface area contributed by atoms with Crippen LogP contribution in [0.15, 0.2) is 24.3 Å². The number of rotatable bonds is 6. The van der Waals surface area contributed by atoms with Gasteiger partial charge in [0, 0.05) is 12.6 Å². The fourth-order valence-electron chi connectivity index (χ4n) is 2.44. The van der Waals surface area contributed by atoms with Gasteiger partial charge in [0.15, 0.2) is 0 Å². The number of methoxy groups -OCH3 is 1. The zero-order chi connectivity index (χ0) is 14.8. The Balaban J connectivity index is 1.81. The number of nitrogens with one attached hydrogen (secondary N) is 1. The molecule has 2 rings (SSSR count). The number of hydrogen-bond acceptors (Lipinski definition) is 3. The molecule has 1 saturated carbocycles. The van der Waals surface area contributed by atoms with Gasteiger partial charge in [-0.2, -0.15) is 0 Å². The third-order valence-electron chi connectivity index (χ3n) is 4.20. The molecule has 0 radical (unpaired) electrons. The molecule has 0 aromatic heterocycles. The maximum atomic E-state index is 11.3. The minimum Gasteiger partial charge on any atom is -0.497 e. The van der Waals surface area contributed by atoms with Gasteiger partial charge in [-0.15, -0.1) is 0 Å². The summed E-state index contributed by atoms with van der Waals surface area (Å²) in [6.45, 7) is 4.39. The molecule has 0 saturated heterocycles. The molecule has 1 amide bonds. The van der Waals surface area contributed by atoms with Crippen LogP contribution in [0, 0.1) is 5.41 Å². The second kappa shape index (κ2) is 5.83. The molecule has 4 nitrogen and oxygen atoms in total. The Morgan fingerprint density at radius 3 is 2.75 bits per heavy atom. The van der Waals surface area contributed by atoms with Crippen LogP contribution in [0.5, 0.6) is 5.75 Å². The van der Waals surface area contributed by atoms with Gasteiger partial charge in [-0.3, -0.25) is 4.79 Å². The van der Waals surface area contributed by atoms with Gasteiger partial charge in [-0.1, -0.05) is 12.1 Å². The smallest absolute Gasteiger partial charge is 0.224 e. The van der Waals surface area contributed by atoms with E-state index in [1.54, 1.807) is 7.11 Å². The van der Waals surface area contributed by atoms with E-state index in [4.69, 9.17) is 10.5 Å². The Morgan fingerprint density at radius 2 is 2.15 bits per heavy atom. The number of amides is 1. The van der Waals surface area contributed by atoms with E-state index in [9.17, 15) is 4.79 Å². The Bertz CT molecular complexity index is 479. The molecule has 4 heteroatoms. The van der Waals surface area contributed by atoms with Crippen LogP contribution < -0.4 is 15.8 Å². The summed E-state index contributed by atoms with van der Waals surface area (Å²) in [5.74, 6) is 1.24. The van der Waals surface area contributed by atoms with Crippen LogP contribution in [0.25, 0.3) is 0 Å². The van der Waals surface area contributed by atoms with Gasteiger partial charge in [-0.25, -0.2) is 0 Å². The van der Waals surface area contributed by atoms with Crippen LogP contribution in [-0.4, -0.2) is 25.6 Å². The Hall–Kier alpha value is -1.55. The molecule has 20 heavy (non-hydrogen) atoms. The van der Waals surface area contributed by atoms with Crippen molar-refractivity contribution in [2.24, 2.45) is 11.1 Å². The summed E-state index contributed by atoms with van der Waals surface area (Å²) >= 11 is 0. The molecule has 110 valence electrons. The Morgan fingerprint density at radius 1 is 1.45 bits per heavy atom. The van der Waals surface area contributed by atoms with Crippen LogP contribution in [0.1, 0.15) is 38.2 Å². The number of carbonyl (C=O) groups excluding carboxylic acids is 1. The van der Waals surface area contributed by atoms with Gasteiger partial charge < -0.3 is 15.8 Å². The van der Waals surface area contributed by atoms with Crippen molar-refractivity contribution in [3.8, 4) is 5.75 Å². The summed E-state index contributed by atoms with van der Waals surface area (Å²) in [4.78, 5) is 11.3. The average Bonchev–Trinajstić information content (AvgIpc) is 2.36. The molecule has 1 aromatic carbocycles. The quantitative estimate of drug-likeness (QED) is 0.835. The van der Waals surface area contributed by atoms with Crippen molar-refractivity contribution < 1.29 is 9.53 Å². The molecule has 0 heterocycles. The number of primary amides is 1. The van der Waals surface area contributed by atoms with Gasteiger partial charge in [0.2, 0.25) is 5.91 Å². The molecular weight excluding hydrogens is 252 g/mol. The van der Waals surface area contributed by atoms with Crippen LogP contribution >= 0.6 is 0 Å². The minimum atomic E-state index is -0.485. The fourth-order valence-corrected chi connectivity index (χ4v) is 2.44. The van der Waals surface area contributed by atoms with Gasteiger partial charge in [0.05, 0.1) is 12.5 Å². The maximum absolute atomic E-state index is 11.3. The average molecular weight is 276 g/mol. The van der Waals surface area contributed by atoms with Gasteiger partial charge in [-0.05, 0) is 50.3 Å². The lowest BCUT2D eigenvalue weighted by atomic mass is 9.75. The molecule has 0 spiro atoms. The molecule has 1 aromatic rings. The third-order valence-corrected chi connectivity index (χ3v) is 4.20. The summed E-state index contributed by atoms with van der Waals surface area (Å²) in [6.07, 6.45) is 2.20. The summed E-state index contributed by atoms with van der Waals surface area (Å²) in [7, 11) is 1.69. The number of benzene rings is 1. The first kappa shape index (κ1) is 14.9. The lowest BCUT2D eigenvalue weighted by Gasteiger charge is -2.38. The topological polar surface area (TPSA) is 64.3 Å². The van der Waals surface area contributed by atoms with E-state index in [0.717, 1.165) is 18.6 Å². The van der Waals surface area contributed by atoms with Crippen LogP contribution in [0.3, 0.4) is 0 Å². The predicted molar refractivity (Wildman–Crippen MR) is 79.7 cm³/mol. The van der Waals surface area contributed by atoms with E-state index in [1.165, 1.54) is 5.56 Å². The summed E-state index contributed by atoms with van der Waals surface area (Å²) in [5.41, 5.74) is 6.22. The van der Waals surface area contributed by atoms with Crippen LogP contribution in [-0.2, 0) is 4.79 Å². The van der Waals surface area contributed by atoms with Crippen molar-refractivity contribution in [1.82, 2.24) is 5.32 Å². The van der Waals surface area contributed by atoms with Crippen LogP contribution in [0.4, 0.5) is 0 Å². The van der Waals surface area contributed by atoms with Gasteiger partial charge in [0.1, 0.15) is 5.75 Å². The normalized spacial score (nSPS) is 22.1. The van der Waals surface area contributed by atoms with Crippen LogP contribution in [0.2, 0.25) is 0 Å². The Kier molecular flexibility index (Phi) is 4.33. The lowest BCUT2D eigenvalue weighted by molar-refractivity contribution is -0.125. The lowest BCUT2D eigenvalue weighted by Crippen LogP contribution is -2.47. The number of hydrogen-bond donors (Lipinski definition) is 2.